The molecule has 35 heavy (non-hydrogen) atoms. The fourth-order valence-electron chi connectivity index (χ4n) is 4.45. The van der Waals surface area contributed by atoms with Gasteiger partial charge in [0.25, 0.3) is 0 Å². The highest BCUT2D eigenvalue weighted by Gasteiger charge is 2.44. The number of ether oxygens (including phenoxy) is 2. The van der Waals surface area contributed by atoms with Crippen molar-refractivity contribution in [1.82, 2.24) is 35.2 Å². The van der Waals surface area contributed by atoms with Crippen LogP contribution in [0, 0.1) is 0 Å². The monoisotopic (exact) mass is 485 g/mol. The van der Waals surface area contributed by atoms with Crippen molar-refractivity contribution in [3.8, 4) is 0 Å². The average Bonchev–Trinajstić information content (AvgIpc) is 3.24. The number of carbonyl (C=O) groups is 1. The topological polar surface area (TPSA) is 134 Å². The number of aromatic amines is 1. The molecule has 0 spiro atoms. The van der Waals surface area contributed by atoms with Crippen LogP contribution in [0.3, 0.4) is 0 Å². The highest BCUT2D eigenvalue weighted by atomic mass is 19.1. The van der Waals surface area contributed by atoms with Crippen molar-refractivity contribution in [3.05, 3.63) is 30.4 Å². The molecule has 13 heteroatoms. The van der Waals surface area contributed by atoms with Crippen LogP contribution in [0.15, 0.2) is 24.7 Å². The Hall–Kier alpha value is -3.45. The van der Waals surface area contributed by atoms with Gasteiger partial charge in [-0.25, -0.2) is 19.2 Å². The molecule has 12 nitrogen and oxygen atoms in total. The van der Waals surface area contributed by atoms with Gasteiger partial charge in [0.05, 0.1) is 24.2 Å². The summed E-state index contributed by atoms with van der Waals surface area (Å²) in [4.78, 5) is 23.4. The number of hydrogen-bond acceptors (Lipinski definition) is 9. The standard InChI is InChI=1S/C22H28FN9O3/c1-22(2-3-22)28-21(33)35-15-12-34-18(17(15)23)13-10-16(30-29-13)27-20-26-11-14(19-25-6-9-32(19)20)31-7-4-24-5-8-31/h6,9-11,15,17-18,24H,2-5,7-8,12H2,1H3,(H,28,33)(H2,26,27,29,30)/t15-,17-,18-/m0/s1. The van der Waals surface area contributed by atoms with Crippen LogP contribution < -0.4 is 20.9 Å². The van der Waals surface area contributed by atoms with Crippen molar-refractivity contribution in [1.29, 1.82) is 0 Å². The number of rotatable bonds is 6. The Kier molecular flexibility index (Phi) is 5.44. The van der Waals surface area contributed by atoms with Crippen molar-refractivity contribution >= 4 is 29.2 Å². The van der Waals surface area contributed by atoms with Crippen molar-refractivity contribution in [2.75, 3.05) is 43.0 Å². The summed E-state index contributed by atoms with van der Waals surface area (Å²) >= 11 is 0. The van der Waals surface area contributed by atoms with E-state index in [1.807, 2.05) is 17.5 Å². The molecule has 2 aliphatic heterocycles. The highest BCUT2D eigenvalue weighted by molar-refractivity contribution is 5.71. The lowest BCUT2D eigenvalue weighted by atomic mass is 10.1. The van der Waals surface area contributed by atoms with E-state index in [0.29, 0.717) is 17.5 Å². The van der Waals surface area contributed by atoms with Crippen molar-refractivity contribution in [2.24, 2.45) is 0 Å². The molecule has 3 fully saturated rings. The van der Waals surface area contributed by atoms with Crippen LogP contribution in [0.5, 0.6) is 0 Å². The highest BCUT2D eigenvalue weighted by Crippen LogP contribution is 2.36. The number of alkyl halides is 1. The van der Waals surface area contributed by atoms with Crippen molar-refractivity contribution in [2.45, 2.75) is 43.7 Å². The maximum atomic E-state index is 15.0. The summed E-state index contributed by atoms with van der Waals surface area (Å²) in [7, 11) is 0. The van der Waals surface area contributed by atoms with Gasteiger partial charge >= 0.3 is 6.09 Å². The van der Waals surface area contributed by atoms with E-state index in [0.717, 1.165) is 50.4 Å². The van der Waals surface area contributed by atoms with Gasteiger partial charge < -0.3 is 30.3 Å². The van der Waals surface area contributed by atoms with Crippen LogP contribution >= 0.6 is 0 Å². The van der Waals surface area contributed by atoms with Gasteiger partial charge in [0.1, 0.15) is 6.10 Å². The zero-order valence-corrected chi connectivity index (χ0v) is 19.3. The normalized spacial score (nSPS) is 25.5. The SMILES string of the molecule is CC1(NC(=O)O[C@H]2CO[C@@H](c3cc(Nc4ncc(N5CCNCC5)c5nccn45)n[nH]3)[C@H]2F)CC1. The number of nitrogens with zero attached hydrogens (tertiary/aromatic N) is 5. The molecule has 1 aliphatic carbocycles. The number of halogens is 1. The number of anilines is 3. The van der Waals surface area contributed by atoms with Gasteiger partial charge in [-0.3, -0.25) is 9.50 Å². The third-order valence-corrected chi connectivity index (χ3v) is 6.76. The second-order valence-electron chi connectivity index (χ2n) is 9.49. The first-order valence-electron chi connectivity index (χ1n) is 11.8. The van der Waals surface area contributed by atoms with Crippen molar-refractivity contribution in [3.63, 3.8) is 0 Å². The zero-order valence-electron chi connectivity index (χ0n) is 19.3. The molecular weight excluding hydrogens is 457 g/mol. The fourth-order valence-corrected chi connectivity index (χ4v) is 4.45. The molecule has 3 aromatic rings. The van der Waals surface area contributed by atoms with E-state index in [1.54, 1.807) is 18.5 Å². The van der Waals surface area contributed by atoms with E-state index in [2.05, 4.69) is 41.0 Å². The number of amides is 1. The first-order valence-corrected chi connectivity index (χ1v) is 11.8. The van der Waals surface area contributed by atoms with E-state index in [1.165, 1.54) is 0 Å². The van der Waals surface area contributed by atoms with Gasteiger partial charge in [-0.05, 0) is 19.8 Å². The fraction of sp³-hybridized carbons (Fsp3) is 0.545. The Morgan fingerprint density at radius 2 is 2.14 bits per heavy atom. The molecule has 4 N–H and O–H groups in total. The third-order valence-electron chi connectivity index (χ3n) is 6.76. The molecule has 6 rings (SSSR count). The lowest BCUT2D eigenvalue weighted by Gasteiger charge is -2.29. The molecule has 1 amide bonds. The number of imidazole rings is 1. The van der Waals surface area contributed by atoms with Gasteiger partial charge in [-0.1, -0.05) is 0 Å². The van der Waals surface area contributed by atoms with Crippen LogP contribution in [0.1, 0.15) is 31.6 Å². The Labute approximate surface area is 200 Å². The van der Waals surface area contributed by atoms with Gasteiger partial charge in [0, 0.05) is 50.2 Å². The number of carbonyl (C=O) groups excluding carboxylic acids is 1. The molecule has 3 aliphatic rings. The second-order valence-corrected chi connectivity index (χ2v) is 9.49. The summed E-state index contributed by atoms with van der Waals surface area (Å²) in [5.74, 6) is 0.988. The van der Waals surface area contributed by atoms with Gasteiger partial charge in [0.2, 0.25) is 5.95 Å². The summed E-state index contributed by atoms with van der Waals surface area (Å²) in [6.45, 7) is 5.51. The molecule has 0 bridgehead atoms. The zero-order chi connectivity index (χ0) is 24.0. The number of alkyl carbamates (subject to hydrolysis) is 1. The van der Waals surface area contributed by atoms with Crippen LogP contribution in [-0.2, 0) is 9.47 Å². The number of aromatic nitrogens is 5. The first kappa shape index (κ1) is 22.0. The smallest absolute Gasteiger partial charge is 0.408 e. The first-order chi connectivity index (χ1) is 17.0. The van der Waals surface area contributed by atoms with E-state index < -0.39 is 24.5 Å². The summed E-state index contributed by atoms with van der Waals surface area (Å²) in [6, 6.07) is 1.67. The van der Waals surface area contributed by atoms with Crippen LogP contribution in [0.2, 0.25) is 0 Å². The summed E-state index contributed by atoms with van der Waals surface area (Å²) < 4.78 is 27.8. The molecule has 0 unspecified atom stereocenters. The summed E-state index contributed by atoms with van der Waals surface area (Å²) in [6.07, 6.45) is 3.12. The van der Waals surface area contributed by atoms with Crippen molar-refractivity contribution < 1.29 is 18.7 Å². The molecule has 3 aromatic heterocycles. The number of fused-ring (bicyclic) bond motifs is 1. The Bertz CT molecular complexity index is 1220. The van der Waals surface area contributed by atoms with E-state index in [4.69, 9.17) is 9.47 Å². The third kappa shape index (κ3) is 4.36. The predicted octanol–water partition coefficient (Wildman–Crippen LogP) is 1.66. The predicted molar refractivity (Wildman–Crippen MR) is 125 cm³/mol. The maximum Gasteiger partial charge on any atom is 0.408 e. The van der Waals surface area contributed by atoms with E-state index >= 15 is 4.39 Å². The van der Waals surface area contributed by atoms with Gasteiger partial charge in [-0.15, -0.1) is 0 Å². The quantitative estimate of drug-likeness (QED) is 0.411. The minimum Gasteiger partial charge on any atom is -0.441 e. The minimum atomic E-state index is -1.52. The molecule has 186 valence electrons. The Morgan fingerprint density at radius 3 is 2.94 bits per heavy atom. The Morgan fingerprint density at radius 1 is 1.31 bits per heavy atom. The number of piperazine rings is 1. The number of hydrogen-bond donors (Lipinski definition) is 4. The minimum absolute atomic E-state index is 0.0254. The second kappa shape index (κ2) is 8.64. The summed E-state index contributed by atoms with van der Waals surface area (Å²) in [5.41, 5.74) is 1.97. The molecule has 5 heterocycles. The van der Waals surface area contributed by atoms with Crippen LogP contribution in [-0.4, -0.2) is 81.3 Å². The van der Waals surface area contributed by atoms with E-state index in [-0.39, 0.29) is 12.1 Å². The number of H-pyrrole nitrogens is 1. The molecule has 0 aromatic carbocycles. The summed E-state index contributed by atoms with van der Waals surface area (Å²) in [5, 5.41) is 16.3. The lowest BCUT2D eigenvalue weighted by molar-refractivity contribution is 0.0604. The average molecular weight is 486 g/mol. The Balaban J connectivity index is 1.13. The maximum absolute atomic E-state index is 15.0. The molecule has 0 radical (unpaired) electrons. The van der Waals surface area contributed by atoms with Gasteiger partial charge in [0.15, 0.2) is 23.7 Å². The molecule has 1 saturated carbocycles. The molecular formula is C22H28FN9O3. The lowest BCUT2D eigenvalue weighted by Crippen LogP contribution is -2.43. The van der Waals surface area contributed by atoms with E-state index in [9.17, 15) is 4.79 Å². The van der Waals surface area contributed by atoms with Gasteiger partial charge in [-0.2, -0.15) is 5.10 Å². The number of nitrogens with one attached hydrogen (secondary N) is 4. The largest absolute Gasteiger partial charge is 0.441 e. The molecule has 3 atom stereocenters. The van der Waals surface area contributed by atoms with Crippen LogP contribution in [0.4, 0.5) is 26.6 Å². The van der Waals surface area contributed by atoms with Crippen LogP contribution in [0.25, 0.3) is 5.65 Å². The molecule has 2 saturated heterocycles.